The highest BCUT2D eigenvalue weighted by Crippen LogP contribution is 2.32. The molecule has 0 saturated heterocycles. The molecule has 0 radical (unpaired) electrons. The average Bonchev–Trinajstić information content (AvgIpc) is 3.04. The van der Waals surface area contributed by atoms with Crippen molar-refractivity contribution in [1.29, 1.82) is 0 Å². The Morgan fingerprint density at radius 2 is 1.84 bits per heavy atom. The van der Waals surface area contributed by atoms with E-state index < -0.39 is 22.5 Å². The first kappa shape index (κ1) is 22.6. The molecule has 0 aliphatic carbocycles. The smallest absolute Gasteiger partial charge is 0.308 e. The molecule has 0 unspecified atom stereocenters. The highest BCUT2D eigenvalue weighted by molar-refractivity contribution is 7.92. The minimum Gasteiger partial charge on any atom is -0.493 e. The lowest BCUT2D eigenvalue weighted by molar-refractivity contribution is -0.114. The van der Waals surface area contributed by atoms with Gasteiger partial charge in [-0.05, 0) is 37.3 Å². The first-order valence-corrected chi connectivity index (χ1v) is 12.0. The normalized spacial score (nSPS) is 11.4. The number of fused-ring (bicyclic) bond motifs is 1. The number of hydrogen-bond acceptors (Lipinski definition) is 7. The van der Waals surface area contributed by atoms with Crippen molar-refractivity contribution in [3.63, 3.8) is 0 Å². The van der Waals surface area contributed by atoms with Gasteiger partial charge in [-0.25, -0.2) is 8.42 Å². The third kappa shape index (κ3) is 4.83. The van der Waals surface area contributed by atoms with Crippen LogP contribution in [0.4, 0.5) is 11.4 Å². The Hall–Kier alpha value is -3.05. The molecular weight excluding hydrogens is 442 g/mol. The van der Waals surface area contributed by atoms with Crippen LogP contribution in [0.5, 0.6) is 11.5 Å². The van der Waals surface area contributed by atoms with E-state index in [4.69, 9.17) is 9.47 Å². The van der Waals surface area contributed by atoms with Gasteiger partial charge >= 0.3 is 4.87 Å². The summed E-state index contributed by atoms with van der Waals surface area (Å²) < 4.78 is 38.5. The van der Waals surface area contributed by atoms with Gasteiger partial charge in [0.15, 0.2) is 11.5 Å². The van der Waals surface area contributed by atoms with Crippen LogP contribution in [0.2, 0.25) is 0 Å². The number of ether oxygens (including phenoxy) is 2. The van der Waals surface area contributed by atoms with Gasteiger partial charge in [0.05, 0.1) is 36.4 Å². The third-order valence-corrected chi connectivity index (χ3v) is 6.69. The van der Waals surface area contributed by atoms with Crippen molar-refractivity contribution in [3.8, 4) is 11.5 Å². The maximum atomic E-state index is 12.6. The van der Waals surface area contributed by atoms with Crippen molar-refractivity contribution >= 4 is 48.9 Å². The Bertz CT molecular complexity index is 1280. The van der Waals surface area contributed by atoms with Gasteiger partial charge in [-0.3, -0.25) is 18.5 Å². The number of sulfonamides is 1. The van der Waals surface area contributed by atoms with Crippen molar-refractivity contribution < 1.29 is 22.7 Å². The summed E-state index contributed by atoms with van der Waals surface area (Å²) in [6, 6.07) is 9.73. The molecule has 1 N–H and O–H groups in total. The third-order valence-electron chi connectivity index (χ3n) is 4.61. The van der Waals surface area contributed by atoms with E-state index in [-0.39, 0.29) is 10.6 Å². The van der Waals surface area contributed by atoms with Crippen LogP contribution in [0.1, 0.15) is 6.92 Å². The molecule has 0 saturated carbocycles. The molecule has 2 aromatic carbocycles. The molecule has 1 heterocycles. The van der Waals surface area contributed by atoms with Crippen LogP contribution in [0, 0.1) is 0 Å². The first-order chi connectivity index (χ1) is 14.7. The lowest BCUT2D eigenvalue weighted by Gasteiger charge is -2.23. The van der Waals surface area contributed by atoms with E-state index in [0.29, 0.717) is 23.7 Å². The number of carbonyl (C=O) groups excluding carboxylic acids is 1. The molecule has 0 aliphatic rings. The summed E-state index contributed by atoms with van der Waals surface area (Å²) in [5.74, 6) is 0.257. The monoisotopic (exact) mass is 465 g/mol. The fourth-order valence-electron chi connectivity index (χ4n) is 3.15. The lowest BCUT2D eigenvalue weighted by Crippen LogP contribution is -2.37. The summed E-state index contributed by atoms with van der Waals surface area (Å²) in [4.78, 5) is 24.6. The number of nitrogens with zero attached hydrogens (tertiary/aromatic N) is 2. The first-order valence-electron chi connectivity index (χ1n) is 9.31. The molecule has 0 fully saturated rings. The number of nitrogens with one attached hydrogen (secondary N) is 1. The van der Waals surface area contributed by atoms with E-state index in [9.17, 15) is 18.0 Å². The molecule has 1 amide bonds. The van der Waals surface area contributed by atoms with E-state index in [1.165, 1.54) is 26.4 Å². The molecular formula is C20H23N3O6S2. The second-order valence-corrected chi connectivity index (χ2v) is 9.55. The van der Waals surface area contributed by atoms with Gasteiger partial charge in [0.1, 0.15) is 6.54 Å². The van der Waals surface area contributed by atoms with Crippen LogP contribution in [-0.4, -0.2) is 45.9 Å². The number of carbonyl (C=O) groups is 1. The van der Waals surface area contributed by atoms with Crippen molar-refractivity contribution in [2.24, 2.45) is 0 Å². The molecule has 0 atom stereocenters. The molecule has 0 spiro atoms. The molecule has 1 aromatic heterocycles. The standard InChI is InChI=1S/C20H23N3O6S2/c1-5-22-15-8-6-13(10-18(15)30-20(22)25)21-19(24)12-23(31(4,26)27)14-7-9-16(28-2)17(11-14)29-3/h6-11H,5,12H2,1-4H3,(H,21,24). The highest BCUT2D eigenvalue weighted by Gasteiger charge is 2.22. The number of benzene rings is 2. The Kier molecular flexibility index (Phi) is 6.56. The lowest BCUT2D eigenvalue weighted by atomic mass is 10.2. The zero-order valence-electron chi connectivity index (χ0n) is 17.5. The summed E-state index contributed by atoms with van der Waals surface area (Å²) in [7, 11) is -0.843. The zero-order chi connectivity index (χ0) is 22.8. The highest BCUT2D eigenvalue weighted by atomic mass is 32.2. The van der Waals surface area contributed by atoms with Crippen molar-refractivity contribution in [2.45, 2.75) is 13.5 Å². The number of rotatable bonds is 8. The van der Waals surface area contributed by atoms with Gasteiger partial charge in [0, 0.05) is 18.3 Å². The number of anilines is 2. The molecule has 31 heavy (non-hydrogen) atoms. The quantitative estimate of drug-likeness (QED) is 0.548. The Morgan fingerprint density at radius 1 is 1.13 bits per heavy atom. The predicted molar refractivity (Wildman–Crippen MR) is 122 cm³/mol. The van der Waals surface area contributed by atoms with Crippen LogP contribution >= 0.6 is 11.3 Å². The molecule has 3 rings (SSSR count). The zero-order valence-corrected chi connectivity index (χ0v) is 19.2. The van der Waals surface area contributed by atoms with Gasteiger partial charge in [-0.1, -0.05) is 11.3 Å². The van der Waals surface area contributed by atoms with Crippen molar-refractivity contribution in [3.05, 3.63) is 46.1 Å². The Balaban J connectivity index is 1.85. The van der Waals surface area contributed by atoms with E-state index in [1.807, 2.05) is 6.92 Å². The Labute approximate surface area is 183 Å². The molecule has 0 aliphatic heterocycles. The largest absolute Gasteiger partial charge is 0.493 e. The summed E-state index contributed by atoms with van der Waals surface area (Å²) in [5, 5.41) is 2.70. The molecule has 11 heteroatoms. The summed E-state index contributed by atoms with van der Waals surface area (Å²) in [6.07, 6.45) is 1.02. The van der Waals surface area contributed by atoms with E-state index in [0.717, 1.165) is 32.1 Å². The van der Waals surface area contributed by atoms with Crippen LogP contribution in [0.25, 0.3) is 10.2 Å². The molecule has 0 bridgehead atoms. The molecule has 3 aromatic rings. The SMILES string of the molecule is CCn1c(=O)sc2cc(NC(=O)CN(c3ccc(OC)c(OC)c3)S(C)(=O)=O)ccc21. The topological polar surface area (TPSA) is 107 Å². The van der Waals surface area contributed by atoms with Gasteiger partial charge in [-0.15, -0.1) is 0 Å². The van der Waals surface area contributed by atoms with Crippen molar-refractivity contribution in [1.82, 2.24) is 4.57 Å². The van der Waals surface area contributed by atoms with E-state index in [1.54, 1.807) is 28.8 Å². The minimum atomic E-state index is -3.76. The summed E-state index contributed by atoms with van der Waals surface area (Å²) in [5.41, 5.74) is 1.53. The van der Waals surface area contributed by atoms with Crippen LogP contribution in [-0.2, 0) is 21.4 Å². The number of hydrogen-bond donors (Lipinski definition) is 1. The fraction of sp³-hybridized carbons (Fsp3) is 0.300. The summed E-state index contributed by atoms with van der Waals surface area (Å²) in [6.45, 7) is 2.01. The second kappa shape index (κ2) is 8.98. The number of amides is 1. The van der Waals surface area contributed by atoms with Crippen molar-refractivity contribution in [2.75, 3.05) is 36.6 Å². The van der Waals surface area contributed by atoms with Gasteiger partial charge in [-0.2, -0.15) is 0 Å². The summed E-state index contributed by atoms with van der Waals surface area (Å²) >= 11 is 1.09. The van der Waals surface area contributed by atoms with Gasteiger partial charge in [0.2, 0.25) is 15.9 Å². The Morgan fingerprint density at radius 3 is 2.45 bits per heavy atom. The van der Waals surface area contributed by atoms with Gasteiger partial charge in [0.25, 0.3) is 0 Å². The number of aromatic nitrogens is 1. The maximum Gasteiger partial charge on any atom is 0.308 e. The number of methoxy groups -OCH3 is 2. The fourth-order valence-corrected chi connectivity index (χ4v) is 5.00. The molecule has 166 valence electrons. The average molecular weight is 466 g/mol. The minimum absolute atomic E-state index is 0.0716. The second-order valence-electron chi connectivity index (χ2n) is 6.65. The van der Waals surface area contributed by atoms with Gasteiger partial charge < -0.3 is 14.8 Å². The van der Waals surface area contributed by atoms with E-state index in [2.05, 4.69) is 5.32 Å². The van der Waals surface area contributed by atoms with Crippen LogP contribution in [0.15, 0.2) is 41.2 Å². The number of aryl methyl sites for hydroxylation is 1. The van der Waals surface area contributed by atoms with Crippen LogP contribution < -0.4 is 24.0 Å². The van der Waals surface area contributed by atoms with Crippen LogP contribution in [0.3, 0.4) is 0 Å². The maximum absolute atomic E-state index is 12.6. The van der Waals surface area contributed by atoms with E-state index >= 15 is 0 Å². The predicted octanol–water partition coefficient (Wildman–Crippen LogP) is 2.50. The molecule has 9 nitrogen and oxygen atoms in total. The number of thiazole rings is 1.